The predicted molar refractivity (Wildman–Crippen MR) is 72.8 cm³/mol. The van der Waals surface area contributed by atoms with Crippen molar-refractivity contribution < 1.29 is 13.2 Å². The molecule has 1 aromatic carbocycles. The fourth-order valence-corrected chi connectivity index (χ4v) is 2.07. The van der Waals surface area contributed by atoms with E-state index in [9.17, 15) is 13.2 Å². The van der Waals surface area contributed by atoms with E-state index in [2.05, 4.69) is 5.32 Å². The third-order valence-corrected chi connectivity index (χ3v) is 3.42. The number of carbonyl (C=O) groups is 1. The summed E-state index contributed by atoms with van der Waals surface area (Å²) in [5, 5.41) is 7.74. The molecule has 19 heavy (non-hydrogen) atoms. The standard InChI is InChI=1S/C12H19N3O3S/c1-9(13)8-12(16)15-7-6-10-2-4-11(5-3-10)19(14,17)18/h2-5,9H,6-8,13H2,1H3,(H,15,16)(H2,14,17,18). The molecule has 6 nitrogen and oxygen atoms in total. The first-order chi connectivity index (χ1) is 8.79. The van der Waals surface area contributed by atoms with Crippen LogP contribution in [0.4, 0.5) is 0 Å². The average molecular weight is 285 g/mol. The van der Waals surface area contributed by atoms with Gasteiger partial charge in [-0.3, -0.25) is 4.79 Å². The number of rotatable bonds is 6. The Bertz CT molecular complexity index is 524. The van der Waals surface area contributed by atoms with Crippen molar-refractivity contribution in [1.29, 1.82) is 0 Å². The van der Waals surface area contributed by atoms with Gasteiger partial charge < -0.3 is 11.1 Å². The van der Waals surface area contributed by atoms with Gasteiger partial charge in [-0.1, -0.05) is 12.1 Å². The van der Waals surface area contributed by atoms with Crippen molar-refractivity contribution in [3.05, 3.63) is 29.8 Å². The Kier molecular flexibility index (Phi) is 5.46. The molecule has 0 saturated carbocycles. The quantitative estimate of drug-likeness (QED) is 0.667. The Labute approximate surface area is 113 Å². The summed E-state index contributed by atoms with van der Waals surface area (Å²) in [7, 11) is -3.65. The van der Waals surface area contributed by atoms with Gasteiger partial charge in [0.2, 0.25) is 15.9 Å². The minimum atomic E-state index is -3.65. The van der Waals surface area contributed by atoms with Crippen LogP contribution in [0, 0.1) is 0 Å². The first kappa shape index (κ1) is 15.6. The monoisotopic (exact) mass is 285 g/mol. The number of benzene rings is 1. The molecule has 1 aromatic rings. The molecule has 1 amide bonds. The van der Waals surface area contributed by atoms with Crippen LogP contribution in [0.5, 0.6) is 0 Å². The normalized spacial score (nSPS) is 13.0. The van der Waals surface area contributed by atoms with Gasteiger partial charge in [-0.25, -0.2) is 13.6 Å². The number of sulfonamides is 1. The highest BCUT2D eigenvalue weighted by atomic mass is 32.2. The Balaban J connectivity index is 2.45. The van der Waals surface area contributed by atoms with E-state index < -0.39 is 10.0 Å². The fraction of sp³-hybridized carbons (Fsp3) is 0.417. The van der Waals surface area contributed by atoms with E-state index in [1.165, 1.54) is 12.1 Å². The lowest BCUT2D eigenvalue weighted by Crippen LogP contribution is -2.31. The van der Waals surface area contributed by atoms with Gasteiger partial charge in [0.25, 0.3) is 0 Å². The summed E-state index contributed by atoms with van der Waals surface area (Å²) in [4.78, 5) is 11.4. The number of carbonyl (C=O) groups excluding carboxylic acids is 1. The van der Waals surface area contributed by atoms with Crippen molar-refractivity contribution in [2.45, 2.75) is 30.7 Å². The van der Waals surface area contributed by atoms with Crippen molar-refractivity contribution in [2.75, 3.05) is 6.54 Å². The molecule has 0 aromatic heterocycles. The molecular weight excluding hydrogens is 266 g/mol. The van der Waals surface area contributed by atoms with E-state index in [0.717, 1.165) is 5.56 Å². The molecule has 0 aliphatic rings. The van der Waals surface area contributed by atoms with Gasteiger partial charge in [0.1, 0.15) is 0 Å². The lowest BCUT2D eigenvalue weighted by molar-refractivity contribution is -0.121. The molecule has 0 radical (unpaired) electrons. The van der Waals surface area contributed by atoms with E-state index in [1.807, 2.05) is 0 Å². The van der Waals surface area contributed by atoms with Crippen molar-refractivity contribution in [3.63, 3.8) is 0 Å². The first-order valence-electron chi connectivity index (χ1n) is 5.93. The number of nitrogens with one attached hydrogen (secondary N) is 1. The van der Waals surface area contributed by atoms with Gasteiger partial charge in [0.15, 0.2) is 0 Å². The van der Waals surface area contributed by atoms with E-state index in [-0.39, 0.29) is 16.8 Å². The highest BCUT2D eigenvalue weighted by Gasteiger charge is 2.07. The zero-order chi connectivity index (χ0) is 14.5. The van der Waals surface area contributed by atoms with Crippen LogP contribution in [0.25, 0.3) is 0 Å². The Morgan fingerprint density at radius 1 is 1.32 bits per heavy atom. The SMILES string of the molecule is CC(N)CC(=O)NCCc1ccc(S(N)(=O)=O)cc1. The van der Waals surface area contributed by atoms with Gasteiger partial charge in [0.05, 0.1) is 4.90 Å². The van der Waals surface area contributed by atoms with Gasteiger partial charge >= 0.3 is 0 Å². The summed E-state index contributed by atoms with van der Waals surface area (Å²) in [5.74, 6) is -0.0869. The topological polar surface area (TPSA) is 115 Å². The van der Waals surface area contributed by atoms with Gasteiger partial charge in [-0.2, -0.15) is 0 Å². The number of hydrogen-bond acceptors (Lipinski definition) is 4. The summed E-state index contributed by atoms with van der Waals surface area (Å²) in [6.45, 7) is 2.26. The molecule has 7 heteroatoms. The largest absolute Gasteiger partial charge is 0.356 e. The molecule has 106 valence electrons. The van der Waals surface area contributed by atoms with Crippen LogP contribution in [-0.4, -0.2) is 26.9 Å². The van der Waals surface area contributed by atoms with Crippen LogP contribution in [0.1, 0.15) is 18.9 Å². The number of hydrogen-bond donors (Lipinski definition) is 3. The van der Waals surface area contributed by atoms with E-state index in [4.69, 9.17) is 10.9 Å². The van der Waals surface area contributed by atoms with Crippen molar-refractivity contribution in [2.24, 2.45) is 10.9 Å². The third kappa shape index (κ3) is 5.82. The fourth-order valence-electron chi connectivity index (χ4n) is 1.56. The number of amides is 1. The highest BCUT2D eigenvalue weighted by molar-refractivity contribution is 7.89. The van der Waals surface area contributed by atoms with Gasteiger partial charge in [0, 0.05) is 19.0 Å². The predicted octanol–water partition coefficient (Wildman–Crippen LogP) is -0.270. The van der Waals surface area contributed by atoms with Crippen LogP contribution in [0.3, 0.4) is 0 Å². The van der Waals surface area contributed by atoms with Crippen LogP contribution in [0.2, 0.25) is 0 Å². The smallest absolute Gasteiger partial charge is 0.238 e. The molecule has 5 N–H and O–H groups in total. The molecule has 1 unspecified atom stereocenters. The van der Waals surface area contributed by atoms with E-state index >= 15 is 0 Å². The summed E-state index contributed by atoms with van der Waals surface area (Å²) in [5.41, 5.74) is 6.43. The second kappa shape index (κ2) is 6.65. The molecule has 0 aliphatic carbocycles. The summed E-state index contributed by atoms with van der Waals surface area (Å²) in [6.07, 6.45) is 0.917. The van der Waals surface area contributed by atoms with E-state index in [1.54, 1.807) is 19.1 Å². The maximum atomic E-state index is 11.3. The van der Waals surface area contributed by atoms with Gasteiger partial charge in [-0.05, 0) is 31.0 Å². The summed E-state index contributed by atoms with van der Waals surface area (Å²) < 4.78 is 22.1. The van der Waals surface area contributed by atoms with Crippen molar-refractivity contribution >= 4 is 15.9 Å². The number of nitrogens with two attached hydrogens (primary N) is 2. The lowest BCUT2D eigenvalue weighted by Gasteiger charge is -2.07. The molecular formula is C12H19N3O3S. The maximum absolute atomic E-state index is 11.3. The van der Waals surface area contributed by atoms with Crippen molar-refractivity contribution in [3.8, 4) is 0 Å². The Morgan fingerprint density at radius 2 is 1.89 bits per heavy atom. The van der Waals surface area contributed by atoms with Crippen LogP contribution >= 0.6 is 0 Å². The number of primary sulfonamides is 1. The molecule has 0 bridgehead atoms. The molecule has 0 fully saturated rings. The lowest BCUT2D eigenvalue weighted by atomic mass is 10.1. The minimum Gasteiger partial charge on any atom is -0.356 e. The molecule has 0 spiro atoms. The van der Waals surface area contributed by atoms with Crippen LogP contribution in [0.15, 0.2) is 29.2 Å². The molecule has 0 saturated heterocycles. The molecule has 1 rings (SSSR count). The summed E-state index contributed by atoms with van der Waals surface area (Å²) in [6, 6.07) is 6.10. The van der Waals surface area contributed by atoms with Crippen LogP contribution in [-0.2, 0) is 21.2 Å². The summed E-state index contributed by atoms with van der Waals surface area (Å²) >= 11 is 0. The highest BCUT2D eigenvalue weighted by Crippen LogP contribution is 2.08. The van der Waals surface area contributed by atoms with E-state index in [0.29, 0.717) is 19.4 Å². The zero-order valence-electron chi connectivity index (χ0n) is 10.8. The second-order valence-corrected chi connectivity index (χ2v) is 6.03. The van der Waals surface area contributed by atoms with Crippen LogP contribution < -0.4 is 16.2 Å². The maximum Gasteiger partial charge on any atom is 0.238 e. The third-order valence-electron chi connectivity index (χ3n) is 2.50. The Morgan fingerprint density at radius 3 is 2.37 bits per heavy atom. The average Bonchev–Trinajstić information content (AvgIpc) is 2.27. The molecule has 1 atom stereocenters. The first-order valence-corrected chi connectivity index (χ1v) is 7.47. The van der Waals surface area contributed by atoms with Gasteiger partial charge in [-0.15, -0.1) is 0 Å². The van der Waals surface area contributed by atoms with Crippen molar-refractivity contribution in [1.82, 2.24) is 5.32 Å². The Hall–Kier alpha value is -1.44. The molecule has 0 aliphatic heterocycles. The zero-order valence-corrected chi connectivity index (χ0v) is 11.6. The second-order valence-electron chi connectivity index (χ2n) is 4.47. The minimum absolute atomic E-state index is 0.0808. The molecule has 0 heterocycles.